The van der Waals surface area contributed by atoms with E-state index in [1.165, 1.54) is 13.2 Å². The van der Waals surface area contributed by atoms with E-state index < -0.39 is 29.0 Å². The molecule has 0 heterocycles. The number of nitrogens with zero attached hydrogens (tertiary/aromatic N) is 1. The highest BCUT2D eigenvalue weighted by molar-refractivity contribution is 5.54. The van der Waals surface area contributed by atoms with Crippen molar-refractivity contribution in [3.05, 3.63) is 27.8 Å². The number of aliphatic hydroxyl groups is 1. The second kappa shape index (κ2) is 7.67. The number of hydrogen-bond acceptors (Lipinski definition) is 6. The average molecular weight is 352 g/mol. The topological polar surface area (TPSA) is 93.9 Å². The van der Waals surface area contributed by atoms with Gasteiger partial charge >= 0.3 is 6.18 Å². The predicted molar refractivity (Wildman–Crippen MR) is 79.2 cm³/mol. The quantitative estimate of drug-likeness (QED) is 0.551. The molecule has 136 valence electrons. The van der Waals surface area contributed by atoms with Crippen molar-refractivity contribution >= 4 is 5.69 Å². The summed E-state index contributed by atoms with van der Waals surface area (Å²) in [7, 11) is 1.22. The highest BCUT2D eigenvalue weighted by Crippen LogP contribution is 2.35. The van der Waals surface area contributed by atoms with Gasteiger partial charge in [-0.2, -0.15) is 13.2 Å². The van der Waals surface area contributed by atoms with Gasteiger partial charge in [0, 0.05) is 18.7 Å². The third-order valence-electron chi connectivity index (χ3n) is 2.83. The highest BCUT2D eigenvalue weighted by Gasteiger charge is 2.30. The first-order chi connectivity index (χ1) is 10.9. The third kappa shape index (κ3) is 6.59. The van der Waals surface area contributed by atoms with Gasteiger partial charge in [0.2, 0.25) is 0 Å². The van der Waals surface area contributed by atoms with Crippen LogP contribution in [0.3, 0.4) is 0 Å². The molecule has 0 aromatic heterocycles. The van der Waals surface area contributed by atoms with Crippen LogP contribution in [0.15, 0.2) is 12.1 Å². The van der Waals surface area contributed by atoms with Crippen molar-refractivity contribution in [2.75, 3.05) is 20.3 Å². The standard InChI is InChI=1S/C14H19F3N2O5/c1-13(2,20)7-18-6-9-4-11(23-3)12(5-10(9)19(21)22)24-8-14(15,16)17/h4-5,18,20H,6-8H2,1-3H3. The Morgan fingerprint density at radius 3 is 2.38 bits per heavy atom. The minimum atomic E-state index is -4.58. The van der Waals surface area contributed by atoms with Gasteiger partial charge in [-0.05, 0) is 19.9 Å². The first-order valence-corrected chi connectivity index (χ1v) is 6.91. The van der Waals surface area contributed by atoms with Crippen molar-refractivity contribution in [1.82, 2.24) is 5.32 Å². The fourth-order valence-corrected chi connectivity index (χ4v) is 1.84. The lowest BCUT2D eigenvalue weighted by Crippen LogP contribution is -2.34. The van der Waals surface area contributed by atoms with Gasteiger partial charge in [0.1, 0.15) is 0 Å². The molecule has 0 aliphatic heterocycles. The molecule has 2 N–H and O–H groups in total. The van der Waals surface area contributed by atoms with Crippen LogP contribution < -0.4 is 14.8 Å². The maximum absolute atomic E-state index is 12.3. The molecule has 1 aromatic carbocycles. The number of benzene rings is 1. The van der Waals surface area contributed by atoms with E-state index in [2.05, 4.69) is 10.1 Å². The number of nitro groups is 1. The number of nitro benzene ring substituents is 1. The zero-order valence-electron chi connectivity index (χ0n) is 13.4. The van der Waals surface area contributed by atoms with Crippen LogP contribution in [0.4, 0.5) is 18.9 Å². The number of nitrogens with one attached hydrogen (secondary N) is 1. The van der Waals surface area contributed by atoms with E-state index >= 15 is 0 Å². The van der Waals surface area contributed by atoms with Crippen LogP contribution in [-0.2, 0) is 6.54 Å². The van der Waals surface area contributed by atoms with Crippen molar-refractivity contribution < 1.29 is 32.7 Å². The van der Waals surface area contributed by atoms with Gasteiger partial charge in [-0.3, -0.25) is 10.1 Å². The molecule has 0 aliphatic rings. The SMILES string of the molecule is COc1cc(CNCC(C)(C)O)c([N+](=O)[O-])cc1OCC(F)(F)F. The third-order valence-corrected chi connectivity index (χ3v) is 2.83. The van der Waals surface area contributed by atoms with E-state index in [-0.39, 0.29) is 30.2 Å². The molecular formula is C14H19F3N2O5. The van der Waals surface area contributed by atoms with Gasteiger partial charge in [0.15, 0.2) is 18.1 Å². The Morgan fingerprint density at radius 2 is 1.92 bits per heavy atom. The average Bonchev–Trinajstić information content (AvgIpc) is 2.42. The summed E-state index contributed by atoms with van der Waals surface area (Å²) in [5.41, 5.74) is -1.23. The van der Waals surface area contributed by atoms with Crippen LogP contribution in [0, 0.1) is 10.1 Å². The molecule has 0 saturated heterocycles. The van der Waals surface area contributed by atoms with Crippen LogP contribution in [0.1, 0.15) is 19.4 Å². The number of rotatable bonds is 8. The molecule has 0 atom stereocenters. The Balaban J connectivity index is 3.05. The molecule has 0 aliphatic carbocycles. The molecule has 0 fully saturated rings. The van der Waals surface area contributed by atoms with E-state index in [9.17, 15) is 28.4 Å². The fraction of sp³-hybridized carbons (Fsp3) is 0.571. The van der Waals surface area contributed by atoms with Crippen molar-refractivity contribution in [2.45, 2.75) is 32.2 Å². The Kier molecular flexibility index (Phi) is 6.38. The maximum Gasteiger partial charge on any atom is 0.422 e. The summed E-state index contributed by atoms with van der Waals surface area (Å²) in [6, 6.07) is 2.13. The number of methoxy groups -OCH3 is 1. The smallest absolute Gasteiger partial charge is 0.422 e. The van der Waals surface area contributed by atoms with E-state index in [0.717, 1.165) is 6.07 Å². The van der Waals surface area contributed by atoms with Gasteiger partial charge in [-0.1, -0.05) is 0 Å². The van der Waals surface area contributed by atoms with Crippen LogP contribution in [-0.4, -0.2) is 42.1 Å². The lowest BCUT2D eigenvalue weighted by atomic mass is 10.1. The molecule has 10 heteroatoms. The predicted octanol–water partition coefficient (Wildman–Crippen LogP) is 2.41. The van der Waals surface area contributed by atoms with E-state index in [4.69, 9.17) is 4.74 Å². The van der Waals surface area contributed by atoms with Crippen LogP contribution >= 0.6 is 0 Å². The van der Waals surface area contributed by atoms with Gasteiger partial charge in [0.25, 0.3) is 5.69 Å². The first-order valence-electron chi connectivity index (χ1n) is 6.91. The Morgan fingerprint density at radius 1 is 1.29 bits per heavy atom. The van der Waals surface area contributed by atoms with Crippen molar-refractivity contribution in [3.63, 3.8) is 0 Å². The molecule has 7 nitrogen and oxygen atoms in total. The number of halogens is 3. The summed E-state index contributed by atoms with van der Waals surface area (Å²) in [6.07, 6.45) is -4.58. The summed E-state index contributed by atoms with van der Waals surface area (Å²) in [5, 5.41) is 23.6. The molecule has 24 heavy (non-hydrogen) atoms. The van der Waals surface area contributed by atoms with Gasteiger partial charge in [-0.25, -0.2) is 0 Å². The van der Waals surface area contributed by atoms with Crippen LogP contribution in [0.2, 0.25) is 0 Å². The number of ether oxygens (including phenoxy) is 2. The monoisotopic (exact) mass is 352 g/mol. The Hall–Kier alpha value is -2.07. The van der Waals surface area contributed by atoms with E-state index in [0.29, 0.717) is 0 Å². The van der Waals surface area contributed by atoms with Crippen molar-refractivity contribution in [2.24, 2.45) is 0 Å². The largest absolute Gasteiger partial charge is 0.493 e. The van der Waals surface area contributed by atoms with Gasteiger partial charge in [-0.15, -0.1) is 0 Å². The zero-order chi connectivity index (χ0) is 18.5. The van der Waals surface area contributed by atoms with Crippen LogP contribution in [0.5, 0.6) is 11.5 Å². The maximum atomic E-state index is 12.3. The molecule has 0 radical (unpaired) electrons. The molecule has 1 aromatic rings. The van der Waals surface area contributed by atoms with E-state index in [1.807, 2.05) is 0 Å². The van der Waals surface area contributed by atoms with Crippen molar-refractivity contribution in [3.8, 4) is 11.5 Å². The molecular weight excluding hydrogens is 333 g/mol. The summed E-state index contributed by atoms with van der Waals surface area (Å²) in [4.78, 5) is 10.4. The molecule has 0 amide bonds. The second-order valence-corrected chi connectivity index (χ2v) is 5.71. The lowest BCUT2D eigenvalue weighted by Gasteiger charge is -2.18. The molecule has 0 bridgehead atoms. The highest BCUT2D eigenvalue weighted by atomic mass is 19.4. The van der Waals surface area contributed by atoms with Gasteiger partial charge < -0.3 is 19.9 Å². The second-order valence-electron chi connectivity index (χ2n) is 5.71. The Labute approximate surface area is 136 Å². The minimum Gasteiger partial charge on any atom is -0.493 e. The van der Waals surface area contributed by atoms with Gasteiger partial charge in [0.05, 0.1) is 23.7 Å². The first kappa shape index (κ1) is 20.0. The van der Waals surface area contributed by atoms with Crippen molar-refractivity contribution in [1.29, 1.82) is 0 Å². The summed E-state index contributed by atoms with van der Waals surface area (Å²) < 4.78 is 46.3. The lowest BCUT2D eigenvalue weighted by molar-refractivity contribution is -0.385. The minimum absolute atomic E-state index is 0.0240. The normalized spacial score (nSPS) is 12.1. The molecule has 0 unspecified atom stereocenters. The number of alkyl halides is 3. The molecule has 0 spiro atoms. The number of hydrogen-bond donors (Lipinski definition) is 2. The fourth-order valence-electron chi connectivity index (χ4n) is 1.84. The van der Waals surface area contributed by atoms with E-state index in [1.54, 1.807) is 13.8 Å². The van der Waals surface area contributed by atoms with Crippen LogP contribution in [0.25, 0.3) is 0 Å². The Bertz CT molecular complexity index is 585. The molecule has 0 saturated carbocycles. The summed E-state index contributed by atoms with van der Waals surface area (Å²) in [5.74, 6) is -0.419. The summed E-state index contributed by atoms with van der Waals surface area (Å²) in [6.45, 7) is 1.72. The zero-order valence-corrected chi connectivity index (χ0v) is 13.4. The summed E-state index contributed by atoms with van der Waals surface area (Å²) >= 11 is 0. The molecule has 1 rings (SSSR count).